The molecule has 0 unspecified atom stereocenters. The van der Waals surface area contributed by atoms with Gasteiger partial charge in [0.15, 0.2) is 0 Å². The second-order valence-corrected chi connectivity index (χ2v) is 3.48. The van der Waals surface area contributed by atoms with Gasteiger partial charge < -0.3 is 10.6 Å². The van der Waals surface area contributed by atoms with Crippen LogP contribution in [-0.2, 0) is 0 Å². The summed E-state index contributed by atoms with van der Waals surface area (Å²) in [5, 5.41) is 0.775. The van der Waals surface area contributed by atoms with Gasteiger partial charge in [0.1, 0.15) is 0 Å². The van der Waals surface area contributed by atoms with Crippen molar-refractivity contribution >= 4 is 17.3 Å². The molecule has 0 bridgehead atoms. The van der Waals surface area contributed by atoms with Gasteiger partial charge in [0, 0.05) is 24.3 Å². The van der Waals surface area contributed by atoms with Crippen LogP contribution in [0.3, 0.4) is 0 Å². The van der Waals surface area contributed by atoms with Crippen LogP contribution in [-0.4, -0.2) is 20.1 Å². The van der Waals surface area contributed by atoms with Gasteiger partial charge >= 0.3 is 0 Å². The van der Waals surface area contributed by atoms with Gasteiger partial charge in [0.2, 0.25) is 0 Å². The van der Waals surface area contributed by atoms with Gasteiger partial charge in [-0.3, -0.25) is 0 Å². The highest BCUT2D eigenvalue weighted by molar-refractivity contribution is 6.30. The highest BCUT2D eigenvalue weighted by Gasteiger charge is 1.99. The number of anilines is 1. The van der Waals surface area contributed by atoms with Crippen LogP contribution in [0.1, 0.15) is 6.42 Å². The fraction of sp³-hybridized carbons (Fsp3) is 0.400. The van der Waals surface area contributed by atoms with Crippen molar-refractivity contribution in [3.63, 3.8) is 0 Å². The smallest absolute Gasteiger partial charge is 0.0426 e. The summed E-state index contributed by atoms with van der Waals surface area (Å²) >= 11 is 5.87. The molecule has 0 atom stereocenters. The molecule has 0 aliphatic carbocycles. The fourth-order valence-electron chi connectivity index (χ4n) is 1.17. The second-order valence-electron chi connectivity index (χ2n) is 3.04. The van der Waals surface area contributed by atoms with E-state index < -0.39 is 0 Å². The summed E-state index contributed by atoms with van der Waals surface area (Å²) < 4.78 is 0. The molecule has 0 fully saturated rings. The molecule has 0 aliphatic rings. The van der Waals surface area contributed by atoms with Gasteiger partial charge in [-0.1, -0.05) is 17.7 Å². The lowest BCUT2D eigenvalue weighted by molar-refractivity contribution is 0.796. The molecule has 0 heterocycles. The predicted molar refractivity (Wildman–Crippen MR) is 58.4 cm³/mol. The van der Waals surface area contributed by atoms with E-state index in [1.54, 1.807) is 0 Å². The summed E-state index contributed by atoms with van der Waals surface area (Å²) in [7, 11) is 2.04. The van der Waals surface area contributed by atoms with Crippen molar-refractivity contribution in [3.8, 4) is 0 Å². The molecule has 0 spiro atoms. The highest BCUT2D eigenvalue weighted by atomic mass is 35.5. The number of hydrogen-bond acceptors (Lipinski definition) is 2. The Bertz CT molecular complexity index is 263. The average molecular weight is 199 g/mol. The van der Waals surface area contributed by atoms with Crippen molar-refractivity contribution in [1.82, 2.24) is 0 Å². The molecule has 13 heavy (non-hydrogen) atoms. The van der Waals surface area contributed by atoms with E-state index in [2.05, 4.69) is 4.90 Å². The standard InChI is InChI=1S/C10H15ClN2/c1-13(7-3-6-12)10-5-2-4-9(11)8-10/h2,4-5,8H,3,6-7,12H2,1H3. The Morgan fingerprint density at radius 2 is 2.23 bits per heavy atom. The number of hydrogen-bond donors (Lipinski definition) is 1. The topological polar surface area (TPSA) is 29.3 Å². The lowest BCUT2D eigenvalue weighted by Gasteiger charge is -2.18. The van der Waals surface area contributed by atoms with Gasteiger partial charge in [-0.25, -0.2) is 0 Å². The van der Waals surface area contributed by atoms with Crippen LogP contribution < -0.4 is 10.6 Å². The molecule has 3 heteroatoms. The van der Waals surface area contributed by atoms with E-state index in [1.807, 2.05) is 31.3 Å². The normalized spacial score (nSPS) is 10.1. The van der Waals surface area contributed by atoms with Gasteiger partial charge in [-0.2, -0.15) is 0 Å². The quantitative estimate of drug-likeness (QED) is 0.803. The molecular formula is C10H15ClN2. The highest BCUT2D eigenvalue weighted by Crippen LogP contribution is 2.17. The molecule has 1 rings (SSSR count). The summed E-state index contributed by atoms with van der Waals surface area (Å²) in [5.74, 6) is 0. The first-order valence-corrected chi connectivity index (χ1v) is 4.78. The SMILES string of the molecule is CN(CCCN)c1cccc(Cl)c1. The van der Waals surface area contributed by atoms with Gasteiger partial charge in [-0.15, -0.1) is 0 Å². The first-order chi connectivity index (χ1) is 6.24. The van der Waals surface area contributed by atoms with E-state index in [9.17, 15) is 0 Å². The third kappa shape index (κ3) is 3.25. The largest absolute Gasteiger partial charge is 0.375 e. The summed E-state index contributed by atoms with van der Waals surface area (Å²) in [6, 6.07) is 7.83. The average Bonchev–Trinajstić information content (AvgIpc) is 2.14. The van der Waals surface area contributed by atoms with E-state index in [0.717, 1.165) is 30.2 Å². The molecule has 0 aliphatic heterocycles. The number of halogens is 1. The Kier molecular flexibility index (Phi) is 4.06. The summed E-state index contributed by atoms with van der Waals surface area (Å²) in [6.07, 6.45) is 1.00. The first-order valence-electron chi connectivity index (χ1n) is 4.41. The Labute approximate surface area is 84.3 Å². The lowest BCUT2D eigenvalue weighted by atomic mass is 10.3. The molecular weight excluding hydrogens is 184 g/mol. The third-order valence-corrected chi connectivity index (χ3v) is 2.18. The number of rotatable bonds is 4. The van der Waals surface area contributed by atoms with Crippen LogP contribution in [0.5, 0.6) is 0 Å². The number of nitrogens with zero attached hydrogens (tertiary/aromatic N) is 1. The lowest BCUT2D eigenvalue weighted by Crippen LogP contribution is -2.20. The zero-order chi connectivity index (χ0) is 9.68. The van der Waals surface area contributed by atoms with Crippen molar-refractivity contribution in [2.45, 2.75) is 6.42 Å². The Morgan fingerprint density at radius 3 is 2.85 bits per heavy atom. The zero-order valence-corrected chi connectivity index (χ0v) is 8.59. The maximum absolute atomic E-state index is 5.87. The molecule has 2 nitrogen and oxygen atoms in total. The minimum atomic E-state index is 0.727. The number of benzene rings is 1. The van der Waals surface area contributed by atoms with E-state index in [-0.39, 0.29) is 0 Å². The summed E-state index contributed by atoms with van der Waals surface area (Å²) in [5.41, 5.74) is 6.57. The van der Waals surface area contributed by atoms with Crippen LogP contribution in [0.25, 0.3) is 0 Å². The molecule has 1 aromatic carbocycles. The van der Waals surface area contributed by atoms with Crippen LogP contribution >= 0.6 is 11.6 Å². The number of nitrogens with two attached hydrogens (primary N) is 1. The maximum Gasteiger partial charge on any atom is 0.0426 e. The van der Waals surface area contributed by atoms with Crippen molar-refractivity contribution in [3.05, 3.63) is 29.3 Å². The molecule has 0 saturated carbocycles. The first kappa shape index (κ1) is 10.4. The van der Waals surface area contributed by atoms with Gasteiger partial charge in [-0.05, 0) is 31.2 Å². The zero-order valence-electron chi connectivity index (χ0n) is 7.83. The monoisotopic (exact) mass is 198 g/mol. The minimum absolute atomic E-state index is 0.727. The summed E-state index contributed by atoms with van der Waals surface area (Å²) in [6.45, 7) is 1.70. The molecule has 72 valence electrons. The van der Waals surface area contributed by atoms with Gasteiger partial charge in [0.25, 0.3) is 0 Å². The predicted octanol–water partition coefficient (Wildman–Crippen LogP) is 2.12. The van der Waals surface area contributed by atoms with Crippen LogP contribution in [0.4, 0.5) is 5.69 Å². The second kappa shape index (κ2) is 5.10. The molecule has 2 N–H and O–H groups in total. The van der Waals surface area contributed by atoms with Crippen molar-refractivity contribution < 1.29 is 0 Å². The fourth-order valence-corrected chi connectivity index (χ4v) is 1.36. The molecule has 0 amide bonds. The van der Waals surface area contributed by atoms with Crippen LogP contribution in [0.15, 0.2) is 24.3 Å². The van der Waals surface area contributed by atoms with Crippen LogP contribution in [0, 0.1) is 0 Å². The maximum atomic E-state index is 5.87. The van der Waals surface area contributed by atoms with E-state index in [1.165, 1.54) is 0 Å². The van der Waals surface area contributed by atoms with Crippen molar-refractivity contribution in [1.29, 1.82) is 0 Å². The summed E-state index contributed by atoms with van der Waals surface area (Å²) in [4.78, 5) is 2.15. The van der Waals surface area contributed by atoms with E-state index >= 15 is 0 Å². The minimum Gasteiger partial charge on any atom is -0.375 e. The Balaban J connectivity index is 2.60. The van der Waals surface area contributed by atoms with E-state index in [4.69, 9.17) is 17.3 Å². The van der Waals surface area contributed by atoms with Gasteiger partial charge in [0.05, 0.1) is 0 Å². The van der Waals surface area contributed by atoms with E-state index in [0.29, 0.717) is 0 Å². The van der Waals surface area contributed by atoms with Crippen molar-refractivity contribution in [2.24, 2.45) is 5.73 Å². The third-order valence-electron chi connectivity index (χ3n) is 1.95. The molecule has 1 aromatic rings. The van der Waals surface area contributed by atoms with Crippen LogP contribution in [0.2, 0.25) is 5.02 Å². The Morgan fingerprint density at radius 1 is 1.46 bits per heavy atom. The van der Waals surface area contributed by atoms with Crippen molar-refractivity contribution in [2.75, 3.05) is 25.0 Å². The molecule has 0 aromatic heterocycles. The Hall–Kier alpha value is -0.730. The molecule has 0 radical (unpaired) electrons. The molecule has 0 saturated heterocycles.